The third kappa shape index (κ3) is 5.18. The Kier molecular flexibility index (Phi) is 5.93. The summed E-state index contributed by atoms with van der Waals surface area (Å²) >= 11 is 12.0. The number of alkyl halides is 2. The van der Waals surface area contributed by atoms with Gasteiger partial charge in [-0.25, -0.2) is 0 Å². The predicted octanol–water partition coefficient (Wildman–Crippen LogP) is 5.09. The van der Waals surface area contributed by atoms with Crippen molar-refractivity contribution in [1.82, 2.24) is 9.78 Å². The highest BCUT2D eigenvalue weighted by Crippen LogP contribution is 2.22. The number of aromatic nitrogens is 2. The first-order chi connectivity index (χ1) is 12.9. The molecule has 0 aliphatic heterocycles. The molecule has 1 heterocycles. The molecule has 3 rings (SSSR count). The Morgan fingerprint density at radius 2 is 1.78 bits per heavy atom. The third-order valence-corrected chi connectivity index (χ3v) is 4.08. The number of hydrogen-bond acceptors (Lipinski definition) is 3. The summed E-state index contributed by atoms with van der Waals surface area (Å²) in [5.41, 5.74) is 1.21. The molecule has 0 fully saturated rings. The van der Waals surface area contributed by atoms with E-state index in [1.54, 1.807) is 23.0 Å². The van der Waals surface area contributed by atoms with Crippen LogP contribution in [0.25, 0.3) is 0 Å². The van der Waals surface area contributed by atoms with Gasteiger partial charge in [-0.3, -0.25) is 9.48 Å². The number of hydrogen-bond donors (Lipinski definition) is 1. The Labute approximate surface area is 163 Å². The Hall–Kier alpha value is -2.64. The number of halogens is 4. The van der Waals surface area contributed by atoms with Gasteiger partial charge in [0.05, 0.1) is 6.54 Å². The number of nitrogens with zero attached hydrogens (tertiary/aromatic N) is 2. The van der Waals surface area contributed by atoms with E-state index in [9.17, 15) is 13.6 Å². The average Bonchev–Trinajstić information content (AvgIpc) is 2.96. The van der Waals surface area contributed by atoms with Gasteiger partial charge in [0.15, 0.2) is 5.82 Å². The van der Waals surface area contributed by atoms with Crippen LogP contribution in [0.1, 0.15) is 15.9 Å². The van der Waals surface area contributed by atoms with Crippen molar-refractivity contribution in [2.45, 2.75) is 13.2 Å². The molecular formula is C18H13Cl2F2N3O2. The van der Waals surface area contributed by atoms with Crippen molar-refractivity contribution in [3.63, 3.8) is 0 Å². The molecule has 0 radical (unpaired) electrons. The van der Waals surface area contributed by atoms with Gasteiger partial charge in [-0.15, -0.1) is 0 Å². The Bertz CT molecular complexity index is 929. The van der Waals surface area contributed by atoms with E-state index in [4.69, 9.17) is 23.2 Å². The maximum Gasteiger partial charge on any atom is 0.387 e. The van der Waals surface area contributed by atoms with Crippen LogP contribution >= 0.6 is 23.2 Å². The fourth-order valence-corrected chi connectivity index (χ4v) is 2.63. The van der Waals surface area contributed by atoms with Crippen molar-refractivity contribution in [2.24, 2.45) is 0 Å². The Morgan fingerprint density at radius 1 is 1.11 bits per heavy atom. The summed E-state index contributed by atoms with van der Waals surface area (Å²) in [6, 6.07) is 12.6. The van der Waals surface area contributed by atoms with E-state index in [-0.39, 0.29) is 22.2 Å². The first-order valence-electron chi connectivity index (χ1n) is 7.74. The van der Waals surface area contributed by atoms with Crippen LogP contribution in [0.3, 0.4) is 0 Å². The zero-order valence-corrected chi connectivity index (χ0v) is 15.2. The minimum Gasteiger partial charge on any atom is -0.435 e. The van der Waals surface area contributed by atoms with E-state index in [0.717, 1.165) is 5.56 Å². The second kappa shape index (κ2) is 8.37. The molecule has 140 valence electrons. The van der Waals surface area contributed by atoms with Crippen LogP contribution in [-0.4, -0.2) is 22.3 Å². The topological polar surface area (TPSA) is 56.2 Å². The summed E-state index contributed by atoms with van der Waals surface area (Å²) in [7, 11) is 0. The van der Waals surface area contributed by atoms with Crippen molar-refractivity contribution < 1.29 is 18.3 Å². The first-order valence-corrected chi connectivity index (χ1v) is 8.50. The Balaban J connectivity index is 1.67. The minimum absolute atomic E-state index is 0.0353. The van der Waals surface area contributed by atoms with Gasteiger partial charge in [0.25, 0.3) is 5.91 Å². The van der Waals surface area contributed by atoms with Crippen molar-refractivity contribution in [3.05, 3.63) is 75.9 Å². The molecule has 27 heavy (non-hydrogen) atoms. The molecule has 0 bridgehead atoms. The highest BCUT2D eigenvalue weighted by Gasteiger charge is 2.13. The molecule has 0 aliphatic rings. The summed E-state index contributed by atoms with van der Waals surface area (Å²) in [4.78, 5) is 12.3. The summed E-state index contributed by atoms with van der Waals surface area (Å²) in [6.07, 6.45) is 1.59. The molecule has 0 spiro atoms. The van der Waals surface area contributed by atoms with E-state index < -0.39 is 12.5 Å². The molecule has 0 aliphatic carbocycles. The number of carbonyl (C=O) groups excluding carboxylic acids is 1. The number of anilines is 1. The first kappa shape index (κ1) is 19.1. The van der Waals surface area contributed by atoms with Crippen LogP contribution in [-0.2, 0) is 6.54 Å². The highest BCUT2D eigenvalue weighted by molar-refractivity contribution is 6.33. The van der Waals surface area contributed by atoms with Gasteiger partial charge in [0, 0.05) is 16.8 Å². The number of amides is 1. The third-order valence-electron chi connectivity index (χ3n) is 3.55. The number of benzene rings is 2. The normalized spacial score (nSPS) is 10.9. The van der Waals surface area contributed by atoms with E-state index >= 15 is 0 Å². The smallest absolute Gasteiger partial charge is 0.387 e. The molecule has 9 heteroatoms. The van der Waals surface area contributed by atoms with Crippen molar-refractivity contribution in [2.75, 3.05) is 5.32 Å². The zero-order valence-electron chi connectivity index (χ0n) is 13.7. The van der Waals surface area contributed by atoms with Crippen LogP contribution in [0, 0.1) is 0 Å². The van der Waals surface area contributed by atoms with Gasteiger partial charge >= 0.3 is 6.61 Å². The second-order valence-corrected chi connectivity index (χ2v) is 6.35. The van der Waals surface area contributed by atoms with Crippen molar-refractivity contribution >= 4 is 34.9 Å². The number of rotatable bonds is 6. The molecule has 2 aromatic carbocycles. The molecule has 1 N–H and O–H groups in total. The summed E-state index contributed by atoms with van der Waals surface area (Å²) in [6.45, 7) is -2.47. The number of ether oxygens (including phenoxy) is 1. The van der Waals surface area contributed by atoms with E-state index in [1.165, 1.54) is 24.3 Å². The van der Waals surface area contributed by atoms with Crippen LogP contribution in [0.15, 0.2) is 54.7 Å². The number of carbonyl (C=O) groups is 1. The molecule has 0 unspecified atom stereocenters. The van der Waals surface area contributed by atoms with E-state index in [2.05, 4.69) is 15.2 Å². The molecule has 0 saturated carbocycles. The predicted molar refractivity (Wildman–Crippen MR) is 98.8 cm³/mol. The lowest BCUT2D eigenvalue weighted by Gasteiger charge is -2.06. The lowest BCUT2D eigenvalue weighted by Crippen LogP contribution is -2.13. The average molecular weight is 412 g/mol. The van der Waals surface area contributed by atoms with Gasteiger partial charge in [-0.05, 0) is 42.0 Å². The van der Waals surface area contributed by atoms with E-state index in [1.807, 2.05) is 12.1 Å². The molecule has 0 saturated heterocycles. The molecule has 0 atom stereocenters. The fourth-order valence-electron chi connectivity index (χ4n) is 2.31. The summed E-state index contributed by atoms with van der Waals surface area (Å²) in [5.74, 6) is -0.312. The number of nitrogens with one attached hydrogen (secondary N) is 1. The lowest BCUT2D eigenvalue weighted by atomic mass is 10.2. The highest BCUT2D eigenvalue weighted by atomic mass is 35.5. The second-order valence-electron chi connectivity index (χ2n) is 5.51. The van der Waals surface area contributed by atoms with Crippen LogP contribution in [0.2, 0.25) is 10.0 Å². The molecule has 5 nitrogen and oxygen atoms in total. The lowest BCUT2D eigenvalue weighted by molar-refractivity contribution is -0.0498. The van der Waals surface area contributed by atoms with Crippen LogP contribution in [0.5, 0.6) is 5.75 Å². The van der Waals surface area contributed by atoms with Gasteiger partial charge in [-0.2, -0.15) is 13.9 Å². The Morgan fingerprint density at radius 3 is 2.41 bits per heavy atom. The maximum atomic E-state index is 12.3. The van der Waals surface area contributed by atoms with E-state index in [0.29, 0.717) is 11.6 Å². The van der Waals surface area contributed by atoms with Crippen LogP contribution < -0.4 is 10.1 Å². The minimum atomic E-state index is -2.92. The van der Waals surface area contributed by atoms with Crippen LogP contribution in [0.4, 0.5) is 14.6 Å². The van der Waals surface area contributed by atoms with Crippen molar-refractivity contribution in [3.8, 4) is 5.75 Å². The molecular weight excluding hydrogens is 399 g/mol. The van der Waals surface area contributed by atoms with Gasteiger partial charge in [-0.1, -0.05) is 35.3 Å². The summed E-state index contributed by atoms with van der Waals surface area (Å²) < 4.78 is 30.1. The monoisotopic (exact) mass is 411 g/mol. The zero-order chi connectivity index (χ0) is 19.4. The molecule has 1 amide bonds. The molecule has 3 aromatic rings. The van der Waals surface area contributed by atoms with Gasteiger partial charge in [0.1, 0.15) is 10.8 Å². The van der Waals surface area contributed by atoms with Gasteiger partial charge in [0.2, 0.25) is 0 Å². The fraction of sp³-hybridized carbons (Fsp3) is 0.111. The quantitative estimate of drug-likeness (QED) is 0.614. The van der Waals surface area contributed by atoms with Gasteiger partial charge < -0.3 is 10.1 Å². The molecule has 1 aromatic heterocycles. The SMILES string of the molecule is O=C(Nc1nn(Cc2ccc(Cl)cc2)cc1Cl)c1ccc(OC(F)F)cc1. The largest absolute Gasteiger partial charge is 0.435 e. The van der Waals surface area contributed by atoms with Crippen molar-refractivity contribution in [1.29, 1.82) is 0 Å². The standard InChI is InChI=1S/C18H13Cl2F2N3O2/c19-13-5-1-11(2-6-13)9-25-10-15(20)16(24-25)23-17(26)12-3-7-14(8-4-12)27-18(21)22/h1-8,10,18H,9H2,(H,23,24,26). The summed E-state index contributed by atoms with van der Waals surface area (Å²) in [5, 5.41) is 7.74. The maximum absolute atomic E-state index is 12.3.